The van der Waals surface area contributed by atoms with Gasteiger partial charge in [-0.2, -0.15) is 0 Å². The van der Waals surface area contributed by atoms with Crippen LogP contribution < -0.4 is 5.32 Å². The Morgan fingerprint density at radius 1 is 0.963 bits per heavy atom. The number of hydrogen-bond donors (Lipinski definition) is 1. The Labute approximate surface area is 161 Å². The Morgan fingerprint density at radius 2 is 1.63 bits per heavy atom. The Bertz CT molecular complexity index is 748. The molecule has 0 radical (unpaired) electrons. The van der Waals surface area contributed by atoms with Crippen LogP contribution in [0.15, 0.2) is 54.6 Å². The highest BCUT2D eigenvalue weighted by atomic mass is 16.2. The third-order valence-corrected chi connectivity index (χ3v) is 5.34. The van der Waals surface area contributed by atoms with Crippen molar-refractivity contribution in [2.24, 2.45) is 5.92 Å². The molecule has 2 amide bonds. The zero-order valence-corrected chi connectivity index (χ0v) is 16.0. The topological polar surface area (TPSA) is 49.4 Å². The van der Waals surface area contributed by atoms with Crippen LogP contribution in [0.1, 0.15) is 41.3 Å². The molecule has 2 aromatic rings. The molecule has 3 rings (SSSR count). The predicted octanol–water partition coefficient (Wildman–Crippen LogP) is 3.46. The van der Waals surface area contributed by atoms with Crippen molar-refractivity contribution in [3.63, 3.8) is 0 Å². The maximum atomic E-state index is 12.3. The number of likely N-dealkylation sites (tertiary alicyclic amines) is 1. The molecule has 4 nitrogen and oxygen atoms in total. The summed E-state index contributed by atoms with van der Waals surface area (Å²) in [4.78, 5) is 25.6. The van der Waals surface area contributed by atoms with Crippen molar-refractivity contribution in [1.82, 2.24) is 10.2 Å². The van der Waals surface area contributed by atoms with Gasteiger partial charge in [0.15, 0.2) is 0 Å². The van der Waals surface area contributed by atoms with Crippen molar-refractivity contribution >= 4 is 11.8 Å². The molecule has 0 bridgehead atoms. The minimum Gasteiger partial charge on any atom is -0.352 e. The molecule has 0 spiro atoms. The van der Waals surface area contributed by atoms with Crippen LogP contribution >= 0.6 is 0 Å². The van der Waals surface area contributed by atoms with E-state index in [1.807, 2.05) is 35.2 Å². The van der Waals surface area contributed by atoms with Gasteiger partial charge in [-0.15, -0.1) is 0 Å². The Morgan fingerprint density at radius 3 is 2.26 bits per heavy atom. The molecule has 0 saturated carbocycles. The molecule has 1 aliphatic rings. The molecular weight excluding hydrogens is 336 g/mol. The summed E-state index contributed by atoms with van der Waals surface area (Å²) >= 11 is 0. The van der Waals surface area contributed by atoms with Crippen LogP contribution in [0, 0.1) is 5.92 Å². The lowest BCUT2D eigenvalue weighted by atomic mass is 9.90. The van der Waals surface area contributed by atoms with Gasteiger partial charge in [0.05, 0.1) is 0 Å². The molecule has 1 heterocycles. The van der Waals surface area contributed by atoms with E-state index in [2.05, 4.69) is 29.6 Å². The van der Waals surface area contributed by atoms with E-state index in [0.29, 0.717) is 18.0 Å². The van der Waals surface area contributed by atoms with Crippen LogP contribution in [-0.4, -0.2) is 36.3 Å². The van der Waals surface area contributed by atoms with Crippen molar-refractivity contribution in [3.05, 3.63) is 71.3 Å². The van der Waals surface area contributed by atoms with Gasteiger partial charge >= 0.3 is 0 Å². The highest BCUT2D eigenvalue weighted by Crippen LogP contribution is 2.22. The monoisotopic (exact) mass is 364 g/mol. The van der Waals surface area contributed by atoms with E-state index in [0.717, 1.165) is 38.8 Å². The molecule has 0 unspecified atom stereocenters. The van der Waals surface area contributed by atoms with E-state index in [4.69, 9.17) is 0 Å². The summed E-state index contributed by atoms with van der Waals surface area (Å²) in [6.07, 6.45) is 3.97. The average Bonchev–Trinajstić information content (AvgIpc) is 2.70. The van der Waals surface area contributed by atoms with Crippen molar-refractivity contribution in [2.45, 2.75) is 32.6 Å². The molecule has 0 atom stereocenters. The lowest BCUT2D eigenvalue weighted by Gasteiger charge is -2.31. The Balaban J connectivity index is 1.44. The van der Waals surface area contributed by atoms with Crippen LogP contribution in [0.3, 0.4) is 0 Å². The van der Waals surface area contributed by atoms with Crippen LogP contribution in [-0.2, 0) is 17.6 Å². The van der Waals surface area contributed by atoms with Gasteiger partial charge in [-0.25, -0.2) is 0 Å². The standard InChI is InChI=1S/C23H28N2O2/c1-18(26)25-15-12-21(13-16-25)17-20-7-9-22(10-8-20)23(27)24-14-11-19-5-3-2-4-6-19/h2-10,21H,11-17H2,1H3,(H,24,27). The largest absolute Gasteiger partial charge is 0.352 e. The molecular formula is C23H28N2O2. The molecule has 27 heavy (non-hydrogen) atoms. The van der Waals surface area contributed by atoms with E-state index in [-0.39, 0.29) is 11.8 Å². The fraction of sp³-hybridized carbons (Fsp3) is 0.391. The van der Waals surface area contributed by atoms with Gasteiger partial charge in [-0.3, -0.25) is 9.59 Å². The molecule has 0 aromatic heterocycles. The second-order valence-electron chi connectivity index (χ2n) is 7.34. The Kier molecular flexibility index (Phi) is 6.64. The zero-order valence-electron chi connectivity index (χ0n) is 16.0. The lowest BCUT2D eigenvalue weighted by Crippen LogP contribution is -2.37. The second-order valence-corrected chi connectivity index (χ2v) is 7.34. The Hall–Kier alpha value is -2.62. The maximum Gasteiger partial charge on any atom is 0.251 e. The first kappa shape index (κ1) is 19.2. The van der Waals surface area contributed by atoms with Gasteiger partial charge in [-0.05, 0) is 54.9 Å². The molecule has 1 N–H and O–H groups in total. The summed E-state index contributed by atoms with van der Waals surface area (Å²) in [5.41, 5.74) is 3.19. The van der Waals surface area contributed by atoms with Crippen molar-refractivity contribution < 1.29 is 9.59 Å². The smallest absolute Gasteiger partial charge is 0.251 e. The highest BCUT2D eigenvalue weighted by molar-refractivity contribution is 5.94. The quantitative estimate of drug-likeness (QED) is 0.853. The predicted molar refractivity (Wildman–Crippen MR) is 108 cm³/mol. The number of nitrogens with one attached hydrogen (secondary N) is 1. The van der Waals surface area contributed by atoms with Gasteiger partial charge in [0.1, 0.15) is 0 Å². The summed E-state index contributed by atoms with van der Waals surface area (Å²) in [5.74, 6) is 0.773. The van der Waals surface area contributed by atoms with E-state index in [9.17, 15) is 9.59 Å². The molecule has 1 aliphatic heterocycles. The molecule has 1 fully saturated rings. The van der Waals surface area contributed by atoms with E-state index >= 15 is 0 Å². The number of rotatable bonds is 6. The number of piperidine rings is 1. The number of nitrogens with zero attached hydrogens (tertiary/aromatic N) is 1. The molecule has 4 heteroatoms. The summed E-state index contributed by atoms with van der Waals surface area (Å²) in [7, 11) is 0. The highest BCUT2D eigenvalue weighted by Gasteiger charge is 2.20. The second kappa shape index (κ2) is 9.36. The molecule has 142 valence electrons. The normalized spacial score (nSPS) is 14.8. The average molecular weight is 364 g/mol. The maximum absolute atomic E-state index is 12.3. The molecule has 2 aromatic carbocycles. The summed E-state index contributed by atoms with van der Waals surface area (Å²) < 4.78 is 0. The van der Waals surface area contributed by atoms with Gasteiger partial charge < -0.3 is 10.2 Å². The van der Waals surface area contributed by atoms with Gasteiger partial charge in [-0.1, -0.05) is 42.5 Å². The van der Waals surface area contributed by atoms with Crippen molar-refractivity contribution in [1.29, 1.82) is 0 Å². The zero-order chi connectivity index (χ0) is 19.1. The van der Waals surface area contributed by atoms with Crippen LogP contribution in [0.25, 0.3) is 0 Å². The number of hydrogen-bond acceptors (Lipinski definition) is 2. The molecule has 0 aliphatic carbocycles. The number of carbonyl (C=O) groups is 2. The van der Waals surface area contributed by atoms with Crippen molar-refractivity contribution in [3.8, 4) is 0 Å². The first-order valence-corrected chi connectivity index (χ1v) is 9.78. The third-order valence-electron chi connectivity index (χ3n) is 5.34. The van der Waals surface area contributed by atoms with E-state index in [1.54, 1.807) is 6.92 Å². The van der Waals surface area contributed by atoms with E-state index in [1.165, 1.54) is 11.1 Å². The SMILES string of the molecule is CC(=O)N1CCC(Cc2ccc(C(=O)NCCc3ccccc3)cc2)CC1. The fourth-order valence-corrected chi connectivity index (χ4v) is 3.64. The summed E-state index contributed by atoms with van der Waals surface area (Å²) in [6, 6.07) is 18.1. The van der Waals surface area contributed by atoms with Gasteiger partial charge in [0.2, 0.25) is 5.91 Å². The summed E-state index contributed by atoms with van der Waals surface area (Å²) in [6.45, 7) is 4.01. The first-order chi connectivity index (χ1) is 13.1. The third kappa shape index (κ3) is 5.68. The fourth-order valence-electron chi connectivity index (χ4n) is 3.64. The van der Waals surface area contributed by atoms with Crippen LogP contribution in [0.5, 0.6) is 0 Å². The van der Waals surface area contributed by atoms with Crippen LogP contribution in [0.2, 0.25) is 0 Å². The van der Waals surface area contributed by atoms with Crippen LogP contribution in [0.4, 0.5) is 0 Å². The minimum absolute atomic E-state index is 0.0211. The first-order valence-electron chi connectivity index (χ1n) is 9.78. The van der Waals surface area contributed by atoms with Gasteiger partial charge in [0.25, 0.3) is 5.91 Å². The lowest BCUT2D eigenvalue weighted by molar-refractivity contribution is -0.130. The number of amides is 2. The minimum atomic E-state index is -0.0211. The summed E-state index contributed by atoms with van der Waals surface area (Å²) in [5, 5.41) is 2.99. The number of carbonyl (C=O) groups excluding carboxylic acids is 2. The van der Waals surface area contributed by atoms with Gasteiger partial charge in [0, 0.05) is 32.1 Å². The van der Waals surface area contributed by atoms with Crippen molar-refractivity contribution in [2.75, 3.05) is 19.6 Å². The molecule has 1 saturated heterocycles. The number of benzene rings is 2. The van der Waals surface area contributed by atoms with E-state index < -0.39 is 0 Å².